The largest absolute Gasteiger partial charge is 0.489 e. The van der Waals surface area contributed by atoms with E-state index in [-0.39, 0.29) is 24.8 Å². The molecule has 1 unspecified atom stereocenters. The quantitative estimate of drug-likeness (QED) is 0.689. The number of amides is 1. The molecule has 3 N–H and O–H groups in total. The molecule has 7 nitrogen and oxygen atoms in total. The van der Waals surface area contributed by atoms with E-state index in [9.17, 15) is 9.90 Å². The van der Waals surface area contributed by atoms with Crippen LogP contribution in [-0.4, -0.2) is 47.5 Å². The number of anilines is 1. The third-order valence-electron chi connectivity index (χ3n) is 2.99. The number of aliphatic hydroxyl groups excluding tert-OH is 1. The highest BCUT2D eigenvalue weighted by atomic mass is 35.5. The van der Waals surface area contributed by atoms with Gasteiger partial charge >= 0.3 is 0 Å². The van der Waals surface area contributed by atoms with Crippen molar-refractivity contribution in [3.8, 4) is 5.75 Å². The molecule has 2 rings (SSSR count). The highest BCUT2D eigenvalue weighted by Gasteiger charge is 2.10. The van der Waals surface area contributed by atoms with Crippen LogP contribution in [0.3, 0.4) is 0 Å². The summed E-state index contributed by atoms with van der Waals surface area (Å²) in [7, 11) is 1.51. The second kappa shape index (κ2) is 8.68. The molecule has 1 heterocycles. The molecule has 0 radical (unpaired) electrons. The third-order valence-corrected chi connectivity index (χ3v) is 3.79. The van der Waals surface area contributed by atoms with Gasteiger partial charge in [0.1, 0.15) is 29.3 Å². The Bertz CT molecular complexity index is 698. The number of halogens is 2. The number of carbonyl (C=O) groups excluding carboxylic acids is 1. The summed E-state index contributed by atoms with van der Waals surface area (Å²) in [6.07, 6.45) is -0.805. The number of hydrogen-bond acceptors (Lipinski definition) is 6. The number of hydrogen-bond donors (Lipinski definition) is 3. The molecule has 0 fully saturated rings. The van der Waals surface area contributed by atoms with Gasteiger partial charge in [-0.05, 0) is 24.3 Å². The van der Waals surface area contributed by atoms with Crippen molar-refractivity contribution in [2.45, 2.75) is 6.10 Å². The highest BCUT2D eigenvalue weighted by Crippen LogP contribution is 2.31. The summed E-state index contributed by atoms with van der Waals surface area (Å²) in [5.74, 6) is 0.515. The highest BCUT2D eigenvalue weighted by molar-refractivity contribution is 6.42. The van der Waals surface area contributed by atoms with Crippen LogP contribution >= 0.6 is 23.2 Å². The average molecular weight is 371 g/mol. The topological polar surface area (TPSA) is 96.4 Å². The van der Waals surface area contributed by atoms with Crippen molar-refractivity contribution in [2.75, 3.05) is 25.5 Å². The molecule has 128 valence electrons. The summed E-state index contributed by atoms with van der Waals surface area (Å²) in [4.78, 5) is 11.4. The van der Waals surface area contributed by atoms with Crippen molar-refractivity contribution >= 4 is 34.9 Å². The van der Waals surface area contributed by atoms with Gasteiger partial charge in [0.2, 0.25) is 0 Å². The Hall–Kier alpha value is -2.09. The molecule has 1 aromatic heterocycles. The van der Waals surface area contributed by atoms with Crippen LogP contribution in [0.2, 0.25) is 10.0 Å². The van der Waals surface area contributed by atoms with Crippen molar-refractivity contribution in [1.29, 1.82) is 0 Å². The Balaban J connectivity index is 1.81. The lowest BCUT2D eigenvalue weighted by Gasteiger charge is -2.14. The first-order valence-electron chi connectivity index (χ1n) is 7.06. The Kier molecular flexibility index (Phi) is 6.60. The predicted octanol–water partition coefficient (Wildman–Crippen LogP) is 1.99. The smallest absolute Gasteiger partial charge is 0.271 e. The minimum absolute atomic E-state index is 0.0246. The standard InChI is InChI=1S/C15H16Cl2N4O3/c1-18-15(23)11-5-6-13(21-20-11)19-7-9(22)8-24-12-4-2-3-10(16)14(12)17/h2-6,9,22H,7-8H2,1H3,(H,18,23)(H,19,21). The number of rotatable bonds is 7. The van der Waals surface area contributed by atoms with E-state index in [2.05, 4.69) is 20.8 Å². The Morgan fingerprint density at radius 2 is 2.08 bits per heavy atom. The molecule has 1 amide bonds. The molecule has 9 heteroatoms. The lowest BCUT2D eigenvalue weighted by molar-refractivity contribution is 0.0957. The van der Waals surface area contributed by atoms with Crippen molar-refractivity contribution in [2.24, 2.45) is 0 Å². The van der Waals surface area contributed by atoms with Gasteiger partial charge in [0.05, 0.1) is 5.02 Å². The minimum Gasteiger partial charge on any atom is -0.489 e. The number of benzene rings is 1. The van der Waals surface area contributed by atoms with Crippen LogP contribution in [0.15, 0.2) is 30.3 Å². The van der Waals surface area contributed by atoms with E-state index in [1.807, 2.05) is 0 Å². The van der Waals surface area contributed by atoms with E-state index in [4.69, 9.17) is 27.9 Å². The summed E-state index contributed by atoms with van der Waals surface area (Å²) < 4.78 is 5.44. The van der Waals surface area contributed by atoms with E-state index >= 15 is 0 Å². The van der Waals surface area contributed by atoms with Crippen LogP contribution in [0, 0.1) is 0 Å². The van der Waals surface area contributed by atoms with Gasteiger partial charge in [-0.25, -0.2) is 0 Å². The molecule has 1 aromatic carbocycles. The summed E-state index contributed by atoms with van der Waals surface area (Å²) in [5.41, 5.74) is 0.211. The van der Waals surface area contributed by atoms with Crippen molar-refractivity contribution < 1.29 is 14.6 Å². The summed E-state index contributed by atoms with van der Waals surface area (Å²) in [6, 6.07) is 8.15. The van der Waals surface area contributed by atoms with Crippen LogP contribution in [0.5, 0.6) is 5.75 Å². The van der Waals surface area contributed by atoms with Gasteiger partial charge < -0.3 is 20.5 Å². The average Bonchev–Trinajstić information content (AvgIpc) is 2.61. The van der Waals surface area contributed by atoms with Crippen molar-refractivity contribution in [3.05, 3.63) is 46.1 Å². The molecule has 2 aromatic rings. The lowest BCUT2D eigenvalue weighted by atomic mass is 10.3. The number of nitrogens with zero attached hydrogens (tertiary/aromatic N) is 2. The fourth-order valence-electron chi connectivity index (χ4n) is 1.74. The third kappa shape index (κ3) is 4.95. The minimum atomic E-state index is -0.805. The molecule has 0 aliphatic rings. The zero-order valence-corrected chi connectivity index (χ0v) is 14.3. The molecule has 0 saturated heterocycles. The van der Waals surface area contributed by atoms with Crippen LogP contribution < -0.4 is 15.4 Å². The van der Waals surface area contributed by atoms with E-state index < -0.39 is 6.10 Å². The normalized spacial score (nSPS) is 11.7. The number of aromatic nitrogens is 2. The van der Waals surface area contributed by atoms with Gasteiger partial charge in [-0.1, -0.05) is 29.3 Å². The SMILES string of the molecule is CNC(=O)c1ccc(NCC(O)COc2cccc(Cl)c2Cl)nn1. The molecule has 24 heavy (non-hydrogen) atoms. The first kappa shape index (κ1) is 18.3. The Morgan fingerprint density at radius 1 is 1.29 bits per heavy atom. The maximum absolute atomic E-state index is 11.4. The second-order valence-corrected chi connectivity index (χ2v) is 5.57. The molecule has 0 spiro atoms. The molecule has 0 bridgehead atoms. The van der Waals surface area contributed by atoms with Gasteiger partial charge in [-0.3, -0.25) is 4.79 Å². The van der Waals surface area contributed by atoms with Gasteiger partial charge in [-0.15, -0.1) is 10.2 Å². The molecular formula is C15H16Cl2N4O3. The zero-order valence-electron chi connectivity index (χ0n) is 12.8. The van der Waals surface area contributed by atoms with E-state index in [0.29, 0.717) is 21.6 Å². The second-order valence-electron chi connectivity index (χ2n) is 4.78. The number of carbonyl (C=O) groups is 1. The monoisotopic (exact) mass is 370 g/mol. The summed E-state index contributed by atoms with van der Waals surface area (Å²) >= 11 is 11.9. The summed E-state index contributed by atoms with van der Waals surface area (Å²) in [5, 5.41) is 23.6. The van der Waals surface area contributed by atoms with Crippen LogP contribution in [-0.2, 0) is 0 Å². The Labute approximate surface area is 148 Å². The van der Waals surface area contributed by atoms with Gasteiger partial charge in [0, 0.05) is 13.6 Å². The molecule has 0 saturated carbocycles. The molecule has 0 aliphatic carbocycles. The fourth-order valence-corrected chi connectivity index (χ4v) is 2.08. The maximum atomic E-state index is 11.4. The fraction of sp³-hybridized carbons (Fsp3) is 0.267. The van der Waals surface area contributed by atoms with E-state index in [0.717, 1.165) is 0 Å². The number of ether oxygens (including phenoxy) is 1. The van der Waals surface area contributed by atoms with Gasteiger partial charge in [0.25, 0.3) is 5.91 Å². The first-order chi connectivity index (χ1) is 11.5. The Morgan fingerprint density at radius 3 is 2.75 bits per heavy atom. The molecule has 0 aliphatic heterocycles. The van der Waals surface area contributed by atoms with Gasteiger partial charge in [-0.2, -0.15) is 0 Å². The van der Waals surface area contributed by atoms with E-state index in [1.165, 1.54) is 13.1 Å². The molecule has 1 atom stereocenters. The maximum Gasteiger partial charge on any atom is 0.271 e. The predicted molar refractivity (Wildman–Crippen MR) is 91.9 cm³/mol. The van der Waals surface area contributed by atoms with Gasteiger partial charge in [0.15, 0.2) is 5.69 Å². The molecular weight excluding hydrogens is 355 g/mol. The lowest BCUT2D eigenvalue weighted by Crippen LogP contribution is -2.27. The van der Waals surface area contributed by atoms with E-state index in [1.54, 1.807) is 24.3 Å². The van der Waals surface area contributed by atoms with Crippen LogP contribution in [0.25, 0.3) is 0 Å². The van der Waals surface area contributed by atoms with Crippen LogP contribution in [0.4, 0.5) is 5.82 Å². The van der Waals surface area contributed by atoms with Crippen LogP contribution in [0.1, 0.15) is 10.5 Å². The number of nitrogens with one attached hydrogen (secondary N) is 2. The zero-order chi connectivity index (χ0) is 17.5. The van der Waals surface area contributed by atoms with Crippen molar-refractivity contribution in [1.82, 2.24) is 15.5 Å². The first-order valence-corrected chi connectivity index (χ1v) is 7.81. The summed E-state index contributed by atoms with van der Waals surface area (Å²) in [6.45, 7) is 0.211. The number of aliphatic hydroxyl groups is 1. The van der Waals surface area contributed by atoms with Crippen molar-refractivity contribution in [3.63, 3.8) is 0 Å².